The molecule has 3 heteroatoms. The van der Waals surface area contributed by atoms with Crippen LogP contribution in [0.3, 0.4) is 0 Å². The quantitative estimate of drug-likeness (QED) is 0.778. The van der Waals surface area contributed by atoms with Crippen LogP contribution in [0.1, 0.15) is 53.5 Å². The Morgan fingerprint density at radius 3 is 2.41 bits per heavy atom. The van der Waals surface area contributed by atoms with Gasteiger partial charge in [-0.2, -0.15) is 0 Å². The maximum absolute atomic E-state index is 4.41. The fourth-order valence-corrected chi connectivity index (χ4v) is 2.27. The molecule has 17 heavy (non-hydrogen) atoms. The first-order valence-electron chi connectivity index (χ1n) is 6.86. The van der Waals surface area contributed by atoms with Gasteiger partial charge in [-0.25, -0.2) is 4.98 Å². The van der Waals surface area contributed by atoms with Crippen LogP contribution < -0.4 is 5.32 Å². The summed E-state index contributed by atoms with van der Waals surface area (Å²) in [5.41, 5.74) is 0. The Morgan fingerprint density at radius 2 is 1.88 bits per heavy atom. The highest BCUT2D eigenvalue weighted by Crippen LogP contribution is 2.26. The van der Waals surface area contributed by atoms with Crippen LogP contribution in [0.5, 0.6) is 0 Å². The zero-order valence-corrected chi connectivity index (χ0v) is 11.9. The molecule has 1 rings (SSSR count). The van der Waals surface area contributed by atoms with Crippen LogP contribution in [0.25, 0.3) is 0 Å². The van der Waals surface area contributed by atoms with Crippen molar-refractivity contribution in [1.29, 1.82) is 0 Å². The van der Waals surface area contributed by atoms with Gasteiger partial charge in [-0.15, -0.1) is 0 Å². The van der Waals surface area contributed by atoms with Crippen molar-refractivity contribution in [2.45, 2.75) is 53.5 Å². The summed E-state index contributed by atoms with van der Waals surface area (Å²) in [4.78, 5) is 4.41. The van der Waals surface area contributed by atoms with Crippen molar-refractivity contribution < 1.29 is 0 Å². The van der Waals surface area contributed by atoms with E-state index in [-0.39, 0.29) is 0 Å². The molecule has 1 unspecified atom stereocenters. The van der Waals surface area contributed by atoms with Crippen molar-refractivity contribution in [2.75, 3.05) is 11.9 Å². The molecule has 0 amide bonds. The Morgan fingerprint density at radius 1 is 1.24 bits per heavy atom. The van der Waals surface area contributed by atoms with Crippen molar-refractivity contribution in [2.24, 2.45) is 11.8 Å². The van der Waals surface area contributed by atoms with Crippen LogP contribution in [0.2, 0.25) is 0 Å². The molecular formula is C14H27N3. The van der Waals surface area contributed by atoms with E-state index in [0.717, 1.165) is 18.4 Å². The van der Waals surface area contributed by atoms with Gasteiger partial charge >= 0.3 is 0 Å². The molecular weight excluding hydrogens is 210 g/mol. The van der Waals surface area contributed by atoms with Crippen LogP contribution in [0.15, 0.2) is 12.4 Å². The van der Waals surface area contributed by atoms with Gasteiger partial charge in [0, 0.05) is 25.0 Å². The number of hydrogen-bond donors (Lipinski definition) is 1. The van der Waals surface area contributed by atoms with Crippen molar-refractivity contribution in [3.63, 3.8) is 0 Å². The first-order valence-corrected chi connectivity index (χ1v) is 6.86. The number of rotatable bonds is 7. The summed E-state index contributed by atoms with van der Waals surface area (Å²) in [6.07, 6.45) is 6.42. The number of anilines is 1. The lowest BCUT2D eigenvalue weighted by molar-refractivity contribution is 0.335. The summed E-state index contributed by atoms with van der Waals surface area (Å²) in [5, 5.41) is 3.43. The van der Waals surface area contributed by atoms with E-state index in [9.17, 15) is 0 Å². The van der Waals surface area contributed by atoms with Gasteiger partial charge in [-0.1, -0.05) is 40.5 Å². The van der Waals surface area contributed by atoms with E-state index in [1.54, 1.807) is 0 Å². The molecule has 0 aliphatic rings. The van der Waals surface area contributed by atoms with Crippen LogP contribution in [0.4, 0.5) is 5.95 Å². The fraction of sp³-hybridized carbons (Fsp3) is 0.786. The third-order valence-electron chi connectivity index (χ3n) is 3.51. The number of imidazole rings is 1. The molecule has 1 aromatic heterocycles. The van der Waals surface area contributed by atoms with Gasteiger partial charge in [0.25, 0.3) is 0 Å². The van der Waals surface area contributed by atoms with Crippen LogP contribution in [0, 0.1) is 11.8 Å². The van der Waals surface area contributed by atoms with E-state index < -0.39 is 0 Å². The maximum Gasteiger partial charge on any atom is 0.203 e. The summed E-state index contributed by atoms with van der Waals surface area (Å²) >= 11 is 0. The van der Waals surface area contributed by atoms with E-state index in [2.05, 4.69) is 55.7 Å². The van der Waals surface area contributed by atoms with Gasteiger partial charge in [-0.05, 0) is 18.8 Å². The normalized spacial score (nSPS) is 13.4. The molecule has 1 atom stereocenters. The van der Waals surface area contributed by atoms with Crippen molar-refractivity contribution in [3.05, 3.63) is 12.4 Å². The Kier molecular flexibility index (Phi) is 5.52. The van der Waals surface area contributed by atoms with E-state index in [4.69, 9.17) is 0 Å². The monoisotopic (exact) mass is 237 g/mol. The average Bonchev–Trinajstić information content (AvgIpc) is 2.75. The lowest BCUT2D eigenvalue weighted by Crippen LogP contribution is -2.19. The predicted octanol–water partition coefficient (Wildman–Crippen LogP) is 3.95. The van der Waals surface area contributed by atoms with Crippen molar-refractivity contribution >= 4 is 5.95 Å². The Labute approximate surface area is 106 Å². The van der Waals surface area contributed by atoms with E-state index in [0.29, 0.717) is 12.0 Å². The summed E-state index contributed by atoms with van der Waals surface area (Å²) in [7, 11) is 0. The second-order valence-electron chi connectivity index (χ2n) is 5.25. The topological polar surface area (TPSA) is 29.9 Å². The van der Waals surface area contributed by atoms with E-state index in [1.807, 2.05) is 6.20 Å². The lowest BCUT2D eigenvalue weighted by atomic mass is 9.95. The zero-order chi connectivity index (χ0) is 12.8. The van der Waals surface area contributed by atoms with E-state index in [1.165, 1.54) is 12.8 Å². The van der Waals surface area contributed by atoms with Crippen LogP contribution in [-0.4, -0.2) is 16.1 Å². The SMILES string of the molecule is CCC(CC)C(C)n1ccnc1NCC(C)C. The molecule has 98 valence electrons. The molecule has 0 aromatic carbocycles. The number of nitrogens with zero attached hydrogens (tertiary/aromatic N) is 2. The summed E-state index contributed by atoms with van der Waals surface area (Å²) in [6.45, 7) is 12.2. The second-order valence-corrected chi connectivity index (χ2v) is 5.25. The molecule has 0 radical (unpaired) electrons. The van der Waals surface area contributed by atoms with E-state index >= 15 is 0 Å². The van der Waals surface area contributed by atoms with Crippen molar-refractivity contribution in [1.82, 2.24) is 9.55 Å². The Bertz CT molecular complexity index is 313. The summed E-state index contributed by atoms with van der Waals surface area (Å²) < 4.78 is 2.28. The predicted molar refractivity (Wildman–Crippen MR) is 74.3 cm³/mol. The molecule has 0 saturated carbocycles. The van der Waals surface area contributed by atoms with Gasteiger partial charge < -0.3 is 9.88 Å². The Balaban J connectivity index is 2.73. The van der Waals surface area contributed by atoms with Gasteiger partial charge in [0.05, 0.1) is 0 Å². The molecule has 0 aliphatic carbocycles. The van der Waals surface area contributed by atoms with Crippen LogP contribution in [-0.2, 0) is 0 Å². The van der Waals surface area contributed by atoms with Gasteiger partial charge in [-0.3, -0.25) is 0 Å². The minimum Gasteiger partial charge on any atom is -0.355 e. The third-order valence-corrected chi connectivity index (χ3v) is 3.51. The molecule has 0 saturated heterocycles. The van der Waals surface area contributed by atoms with Gasteiger partial charge in [0.2, 0.25) is 5.95 Å². The molecule has 0 bridgehead atoms. The molecule has 3 nitrogen and oxygen atoms in total. The molecule has 1 heterocycles. The van der Waals surface area contributed by atoms with Gasteiger partial charge in [0.15, 0.2) is 0 Å². The highest BCUT2D eigenvalue weighted by molar-refractivity contribution is 5.26. The van der Waals surface area contributed by atoms with Crippen molar-refractivity contribution in [3.8, 4) is 0 Å². The first-order chi connectivity index (χ1) is 8.10. The zero-order valence-electron chi connectivity index (χ0n) is 11.9. The molecule has 0 aliphatic heterocycles. The minimum absolute atomic E-state index is 0.516. The molecule has 0 spiro atoms. The maximum atomic E-state index is 4.41. The first kappa shape index (κ1) is 14.1. The minimum atomic E-state index is 0.516. The van der Waals surface area contributed by atoms with Crippen LogP contribution >= 0.6 is 0 Å². The van der Waals surface area contributed by atoms with Gasteiger partial charge in [0.1, 0.15) is 0 Å². The third kappa shape index (κ3) is 3.76. The largest absolute Gasteiger partial charge is 0.355 e. The highest BCUT2D eigenvalue weighted by Gasteiger charge is 2.17. The number of aromatic nitrogens is 2. The average molecular weight is 237 g/mol. The highest BCUT2D eigenvalue weighted by atomic mass is 15.2. The fourth-order valence-electron chi connectivity index (χ4n) is 2.27. The molecule has 1 N–H and O–H groups in total. The lowest BCUT2D eigenvalue weighted by Gasteiger charge is -2.24. The molecule has 1 aromatic rings. The standard InChI is InChI=1S/C14H27N3/c1-6-13(7-2)12(5)17-9-8-15-14(17)16-10-11(3)4/h8-9,11-13H,6-7,10H2,1-5H3,(H,15,16). The summed E-state index contributed by atoms with van der Waals surface area (Å²) in [5.74, 6) is 2.38. The smallest absolute Gasteiger partial charge is 0.203 e. The second kappa shape index (κ2) is 6.67. The summed E-state index contributed by atoms with van der Waals surface area (Å²) in [6, 6.07) is 0.516. The molecule has 0 fully saturated rings. The number of hydrogen-bond acceptors (Lipinski definition) is 2. The Hall–Kier alpha value is -0.990. The number of nitrogens with one attached hydrogen (secondary N) is 1.